The summed E-state index contributed by atoms with van der Waals surface area (Å²) >= 11 is -2.10. The molecule has 0 aliphatic heterocycles. The molecule has 4 aliphatic rings. The number of rotatable bonds is 3. The predicted molar refractivity (Wildman–Crippen MR) is 110 cm³/mol. The second kappa shape index (κ2) is 6.65. The summed E-state index contributed by atoms with van der Waals surface area (Å²) in [5.74, 6) is 5.03. The molecular formula is C24H33F3Sn. The fourth-order valence-electron chi connectivity index (χ4n) is 8.48. The third kappa shape index (κ3) is 3.08. The molecule has 0 radical (unpaired) electrons. The molecule has 154 valence electrons. The van der Waals surface area contributed by atoms with Crippen LogP contribution in [0.5, 0.6) is 0 Å². The zero-order chi connectivity index (χ0) is 19.8. The van der Waals surface area contributed by atoms with E-state index < -0.39 is 30.1 Å². The Morgan fingerprint density at radius 2 is 1.43 bits per heavy atom. The van der Waals surface area contributed by atoms with Crippen molar-refractivity contribution in [3.05, 3.63) is 35.4 Å². The van der Waals surface area contributed by atoms with Gasteiger partial charge in [-0.3, -0.25) is 0 Å². The van der Waals surface area contributed by atoms with Crippen LogP contribution in [0.15, 0.2) is 24.3 Å². The fourth-order valence-corrected chi connectivity index (χ4v) is 18.1. The Hall–Kier alpha value is -0.191. The molecule has 8 atom stereocenters. The van der Waals surface area contributed by atoms with E-state index in [9.17, 15) is 13.2 Å². The third-order valence-electron chi connectivity index (χ3n) is 9.00. The summed E-state index contributed by atoms with van der Waals surface area (Å²) in [5, 5.41) is 0. The molecule has 5 rings (SSSR count). The van der Waals surface area contributed by atoms with E-state index >= 15 is 0 Å². The summed E-state index contributed by atoms with van der Waals surface area (Å²) in [7, 11) is 0. The van der Waals surface area contributed by atoms with Crippen LogP contribution < -0.4 is 0 Å². The predicted octanol–water partition coefficient (Wildman–Crippen LogP) is 7.59. The van der Waals surface area contributed by atoms with Gasteiger partial charge in [0.05, 0.1) is 0 Å². The first kappa shape index (κ1) is 19.8. The van der Waals surface area contributed by atoms with Gasteiger partial charge in [0.25, 0.3) is 0 Å². The summed E-state index contributed by atoms with van der Waals surface area (Å²) in [6, 6.07) is 6.41. The number of benzene rings is 1. The maximum atomic E-state index is 13.4. The molecule has 4 fully saturated rings. The summed E-state index contributed by atoms with van der Waals surface area (Å²) in [5.41, 5.74) is 0.545. The second-order valence-corrected chi connectivity index (χ2v) is 26.8. The normalized spacial score (nSPS) is 42.5. The van der Waals surface area contributed by atoms with Crippen molar-refractivity contribution in [2.24, 2.45) is 35.5 Å². The van der Waals surface area contributed by atoms with Crippen molar-refractivity contribution >= 4 is 18.4 Å². The van der Waals surface area contributed by atoms with Gasteiger partial charge in [0, 0.05) is 0 Å². The van der Waals surface area contributed by atoms with E-state index in [0.29, 0.717) is 17.8 Å². The molecule has 4 aliphatic carbocycles. The van der Waals surface area contributed by atoms with Gasteiger partial charge < -0.3 is 0 Å². The standard InChI is InChI=1S/C21H24F3.3CH3.Sn/c22-21(23,24)17-3-1-2-14(11-17)19-15-6-7-16(10-15)20(19)18-9-12-4-5-13(18)8-12;;;;/h1-3,9,11-13,15-16,18-20H,4-8,10H2;3*1H3;/t12-,13+,15-,16+,18+,19+,20+;;;;/m0..../s1. The Labute approximate surface area is 171 Å². The molecule has 4 saturated carbocycles. The van der Waals surface area contributed by atoms with Crippen molar-refractivity contribution in [1.29, 1.82) is 0 Å². The number of halogens is 3. The van der Waals surface area contributed by atoms with Crippen LogP contribution in [0, 0.1) is 35.5 Å². The quantitative estimate of drug-likeness (QED) is 0.378. The van der Waals surface area contributed by atoms with Gasteiger partial charge in [0.15, 0.2) is 0 Å². The van der Waals surface area contributed by atoms with E-state index in [1.807, 2.05) is 6.07 Å². The van der Waals surface area contributed by atoms with Crippen LogP contribution in [0.25, 0.3) is 0 Å². The van der Waals surface area contributed by atoms with E-state index in [-0.39, 0.29) is 0 Å². The Bertz CT molecular complexity index is 749. The van der Waals surface area contributed by atoms with Gasteiger partial charge in [0.2, 0.25) is 0 Å². The van der Waals surface area contributed by atoms with Crippen molar-refractivity contribution in [2.45, 2.75) is 69.4 Å². The van der Waals surface area contributed by atoms with Crippen LogP contribution in [0.3, 0.4) is 0 Å². The minimum absolute atomic E-state index is 0.376. The molecule has 0 aromatic heterocycles. The van der Waals surface area contributed by atoms with Gasteiger partial charge in [-0.05, 0) is 0 Å². The van der Waals surface area contributed by atoms with Crippen LogP contribution in [0.2, 0.25) is 18.8 Å². The zero-order valence-electron chi connectivity index (χ0n) is 17.3. The van der Waals surface area contributed by atoms with Crippen LogP contribution in [0.4, 0.5) is 13.2 Å². The molecule has 0 N–H and O–H groups in total. The van der Waals surface area contributed by atoms with Gasteiger partial charge in [0.1, 0.15) is 0 Å². The fraction of sp³-hybridized carbons (Fsp3) is 0.750. The van der Waals surface area contributed by atoms with Crippen molar-refractivity contribution < 1.29 is 13.2 Å². The second-order valence-electron chi connectivity index (χ2n) is 11.4. The topological polar surface area (TPSA) is 0 Å². The molecular weight excluding hydrogens is 464 g/mol. The molecule has 0 heterocycles. The van der Waals surface area contributed by atoms with Crippen LogP contribution >= 0.6 is 0 Å². The number of hydrogen-bond acceptors (Lipinski definition) is 0. The summed E-state index contributed by atoms with van der Waals surface area (Å²) in [6.07, 6.45) is 3.82. The number of alkyl halides is 3. The first-order valence-electron chi connectivity index (χ1n) is 11.3. The molecule has 0 unspecified atom stereocenters. The van der Waals surface area contributed by atoms with Crippen molar-refractivity contribution in [3.8, 4) is 0 Å². The van der Waals surface area contributed by atoms with Crippen LogP contribution in [0.1, 0.15) is 55.6 Å². The first-order chi connectivity index (χ1) is 13.1. The molecule has 0 spiro atoms. The van der Waals surface area contributed by atoms with Crippen molar-refractivity contribution in [1.82, 2.24) is 0 Å². The average molecular weight is 497 g/mol. The zero-order valence-corrected chi connectivity index (χ0v) is 20.2. The molecule has 0 nitrogen and oxygen atoms in total. The summed E-state index contributed by atoms with van der Waals surface area (Å²) in [4.78, 5) is 7.83. The van der Waals surface area contributed by atoms with Crippen LogP contribution in [-0.2, 0) is 6.18 Å². The maximum absolute atomic E-state index is 13.4. The van der Waals surface area contributed by atoms with E-state index in [2.05, 4.69) is 14.8 Å². The number of hydrogen-bond donors (Lipinski definition) is 0. The van der Waals surface area contributed by atoms with Gasteiger partial charge >= 0.3 is 172 Å². The molecule has 0 amide bonds. The van der Waals surface area contributed by atoms with E-state index in [4.69, 9.17) is 0 Å². The van der Waals surface area contributed by atoms with E-state index in [1.165, 1.54) is 50.7 Å². The molecule has 0 saturated heterocycles. The molecule has 4 bridgehead atoms. The molecule has 4 heteroatoms. The third-order valence-corrected chi connectivity index (χ3v) is 17.2. The minimum atomic E-state index is -4.24. The average Bonchev–Trinajstić information content (AvgIpc) is 3.38. The molecule has 1 aromatic carbocycles. The summed E-state index contributed by atoms with van der Waals surface area (Å²) in [6.45, 7) is 0. The monoisotopic (exact) mass is 498 g/mol. The SMILES string of the molecule is [CH3][Sn]([CH3])([CH3])[C@@H]1[C@H]2CC[C@H](C2)[C@@H]1[C@H]1[C@@H]2CC[C@@H](C2)[C@H]1c1cccc(C(F)(F)F)c1. The first-order valence-corrected chi connectivity index (χ1v) is 21.5. The Morgan fingerprint density at radius 1 is 0.821 bits per heavy atom. The Kier molecular flexibility index (Phi) is 4.69. The molecule has 1 aromatic rings. The van der Waals surface area contributed by atoms with Crippen LogP contribution in [-0.4, -0.2) is 18.4 Å². The van der Waals surface area contributed by atoms with Gasteiger partial charge in [-0.2, -0.15) is 0 Å². The van der Waals surface area contributed by atoms with E-state index in [0.717, 1.165) is 33.2 Å². The Morgan fingerprint density at radius 3 is 2.11 bits per heavy atom. The number of fused-ring (bicyclic) bond motifs is 4. The molecule has 28 heavy (non-hydrogen) atoms. The van der Waals surface area contributed by atoms with Gasteiger partial charge in [-0.25, -0.2) is 0 Å². The Balaban J connectivity index is 1.54. The van der Waals surface area contributed by atoms with Gasteiger partial charge in [-0.15, -0.1) is 0 Å². The van der Waals surface area contributed by atoms with Gasteiger partial charge in [-0.1, -0.05) is 0 Å². The summed E-state index contributed by atoms with van der Waals surface area (Å²) < 4.78 is 41.1. The van der Waals surface area contributed by atoms with Crippen molar-refractivity contribution in [2.75, 3.05) is 0 Å². The van der Waals surface area contributed by atoms with Crippen molar-refractivity contribution in [3.63, 3.8) is 0 Å². The van der Waals surface area contributed by atoms with E-state index in [1.54, 1.807) is 6.07 Å².